The Bertz CT molecular complexity index is 453. The summed E-state index contributed by atoms with van der Waals surface area (Å²) in [4.78, 5) is 28.9. The van der Waals surface area contributed by atoms with Gasteiger partial charge in [-0.3, -0.25) is 14.6 Å². The van der Waals surface area contributed by atoms with Crippen molar-refractivity contribution in [3.63, 3.8) is 0 Å². The molecule has 2 heterocycles. The fourth-order valence-corrected chi connectivity index (χ4v) is 2.49. The summed E-state index contributed by atoms with van der Waals surface area (Å²) in [6, 6.07) is 3.79. The van der Waals surface area contributed by atoms with E-state index in [-0.39, 0.29) is 11.8 Å². The first-order chi connectivity index (χ1) is 9.65. The van der Waals surface area contributed by atoms with Crippen molar-refractivity contribution in [2.24, 2.45) is 5.92 Å². The van der Waals surface area contributed by atoms with Gasteiger partial charge in [0.2, 0.25) is 11.8 Å². The summed E-state index contributed by atoms with van der Waals surface area (Å²) in [6.07, 6.45) is 5.83. The van der Waals surface area contributed by atoms with Crippen molar-refractivity contribution in [2.45, 2.75) is 32.7 Å². The molecule has 1 saturated heterocycles. The predicted octanol–water partition coefficient (Wildman–Crippen LogP) is 1.35. The summed E-state index contributed by atoms with van der Waals surface area (Å²) in [5.74, 6) is 0.608. The number of hydrogen-bond acceptors (Lipinski definition) is 3. The number of carbonyl (C=O) groups excluding carboxylic acids is 2. The standard InChI is InChI=1S/C15H21N3O2/c1-12(19)18-8-4-13(5-9-18)10-15(20)17-11-14-2-6-16-7-3-14/h2-3,6-7,13H,4-5,8-11H2,1H3,(H,17,20). The van der Waals surface area contributed by atoms with Crippen LogP contribution in [0, 0.1) is 5.92 Å². The van der Waals surface area contributed by atoms with Crippen molar-refractivity contribution in [3.05, 3.63) is 30.1 Å². The molecule has 5 heteroatoms. The molecule has 0 bridgehead atoms. The lowest BCUT2D eigenvalue weighted by molar-refractivity contribution is -0.130. The number of aromatic nitrogens is 1. The van der Waals surface area contributed by atoms with Crippen LogP contribution in [0.15, 0.2) is 24.5 Å². The molecule has 20 heavy (non-hydrogen) atoms. The number of hydrogen-bond donors (Lipinski definition) is 1. The summed E-state index contributed by atoms with van der Waals surface area (Å²) in [7, 11) is 0. The number of amides is 2. The summed E-state index contributed by atoms with van der Waals surface area (Å²) in [6.45, 7) is 3.70. The zero-order valence-electron chi connectivity index (χ0n) is 11.8. The van der Waals surface area contributed by atoms with Gasteiger partial charge >= 0.3 is 0 Å². The minimum absolute atomic E-state index is 0.0862. The highest BCUT2D eigenvalue weighted by molar-refractivity contribution is 5.76. The van der Waals surface area contributed by atoms with E-state index >= 15 is 0 Å². The van der Waals surface area contributed by atoms with Crippen molar-refractivity contribution in [3.8, 4) is 0 Å². The first kappa shape index (κ1) is 14.5. The minimum Gasteiger partial charge on any atom is -0.352 e. The Morgan fingerprint density at radius 2 is 1.95 bits per heavy atom. The fourth-order valence-electron chi connectivity index (χ4n) is 2.49. The van der Waals surface area contributed by atoms with Gasteiger partial charge in [0.25, 0.3) is 0 Å². The number of nitrogens with zero attached hydrogens (tertiary/aromatic N) is 2. The highest BCUT2D eigenvalue weighted by Gasteiger charge is 2.22. The van der Waals surface area contributed by atoms with Crippen LogP contribution in [0.2, 0.25) is 0 Å². The highest BCUT2D eigenvalue weighted by atomic mass is 16.2. The van der Waals surface area contributed by atoms with Crippen LogP contribution in [0.5, 0.6) is 0 Å². The van der Waals surface area contributed by atoms with E-state index in [1.807, 2.05) is 17.0 Å². The van der Waals surface area contributed by atoms with Gasteiger partial charge in [0.1, 0.15) is 0 Å². The van der Waals surface area contributed by atoms with Gasteiger partial charge in [0.15, 0.2) is 0 Å². The largest absolute Gasteiger partial charge is 0.352 e. The molecule has 0 saturated carbocycles. The van der Waals surface area contributed by atoms with Crippen molar-refractivity contribution in [1.82, 2.24) is 15.2 Å². The summed E-state index contributed by atoms with van der Waals surface area (Å²) >= 11 is 0. The van der Waals surface area contributed by atoms with E-state index in [0.29, 0.717) is 18.9 Å². The molecule has 0 aromatic carbocycles. The van der Waals surface area contributed by atoms with Crippen molar-refractivity contribution in [2.75, 3.05) is 13.1 Å². The van der Waals surface area contributed by atoms with Gasteiger partial charge in [-0.05, 0) is 36.5 Å². The topological polar surface area (TPSA) is 62.3 Å². The molecule has 1 aromatic heterocycles. The molecule has 1 aliphatic heterocycles. The molecule has 0 radical (unpaired) electrons. The van der Waals surface area contributed by atoms with E-state index < -0.39 is 0 Å². The second kappa shape index (κ2) is 7.03. The van der Waals surface area contributed by atoms with Crippen LogP contribution in [0.1, 0.15) is 31.7 Å². The average molecular weight is 275 g/mol. The molecular formula is C15H21N3O2. The molecule has 0 atom stereocenters. The monoisotopic (exact) mass is 275 g/mol. The number of nitrogens with one attached hydrogen (secondary N) is 1. The van der Waals surface area contributed by atoms with E-state index in [9.17, 15) is 9.59 Å². The van der Waals surface area contributed by atoms with E-state index in [1.54, 1.807) is 19.3 Å². The fraction of sp³-hybridized carbons (Fsp3) is 0.533. The average Bonchev–Trinajstić information content (AvgIpc) is 2.47. The lowest BCUT2D eigenvalue weighted by Gasteiger charge is -2.30. The molecule has 108 valence electrons. The maximum absolute atomic E-state index is 11.9. The third-order valence-electron chi connectivity index (χ3n) is 3.77. The van der Waals surface area contributed by atoms with Crippen LogP contribution >= 0.6 is 0 Å². The van der Waals surface area contributed by atoms with E-state index in [0.717, 1.165) is 31.5 Å². The van der Waals surface area contributed by atoms with Gasteiger partial charge in [-0.1, -0.05) is 0 Å². The minimum atomic E-state index is 0.0862. The maximum atomic E-state index is 11.9. The Balaban J connectivity index is 1.69. The third-order valence-corrected chi connectivity index (χ3v) is 3.77. The number of piperidine rings is 1. The first-order valence-electron chi connectivity index (χ1n) is 7.06. The molecule has 1 fully saturated rings. The normalized spacial score (nSPS) is 15.9. The van der Waals surface area contributed by atoms with Gasteiger partial charge in [-0.25, -0.2) is 0 Å². The summed E-state index contributed by atoms with van der Waals surface area (Å²) in [5.41, 5.74) is 1.06. The van der Waals surface area contributed by atoms with Crippen LogP contribution in [0.4, 0.5) is 0 Å². The highest BCUT2D eigenvalue weighted by Crippen LogP contribution is 2.20. The SMILES string of the molecule is CC(=O)N1CCC(CC(=O)NCc2ccncc2)CC1. The van der Waals surface area contributed by atoms with Crippen LogP contribution < -0.4 is 5.32 Å². The molecule has 1 aromatic rings. The lowest BCUT2D eigenvalue weighted by Crippen LogP contribution is -2.38. The van der Waals surface area contributed by atoms with Crippen LogP contribution in [-0.4, -0.2) is 34.8 Å². The van der Waals surface area contributed by atoms with Crippen molar-refractivity contribution >= 4 is 11.8 Å². The van der Waals surface area contributed by atoms with Crippen molar-refractivity contribution < 1.29 is 9.59 Å². The van der Waals surface area contributed by atoms with Gasteiger partial charge in [-0.15, -0.1) is 0 Å². The molecule has 1 N–H and O–H groups in total. The summed E-state index contributed by atoms with van der Waals surface area (Å²) < 4.78 is 0. The Kier molecular flexibility index (Phi) is 5.09. The molecule has 0 spiro atoms. The van der Waals surface area contributed by atoms with E-state index in [1.165, 1.54) is 0 Å². The Hall–Kier alpha value is -1.91. The van der Waals surface area contributed by atoms with Crippen molar-refractivity contribution in [1.29, 1.82) is 0 Å². The van der Waals surface area contributed by atoms with Gasteiger partial charge in [0, 0.05) is 45.4 Å². The van der Waals surface area contributed by atoms with Gasteiger partial charge in [-0.2, -0.15) is 0 Å². The summed E-state index contributed by atoms with van der Waals surface area (Å²) in [5, 5.41) is 2.93. The van der Waals surface area contributed by atoms with Gasteiger partial charge < -0.3 is 10.2 Å². The molecule has 0 unspecified atom stereocenters. The number of carbonyl (C=O) groups is 2. The maximum Gasteiger partial charge on any atom is 0.220 e. The Morgan fingerprint density at radius 1 is 1.30 bits per heavy atom. The molecule has 0 aliphatic carbocycles. The number of rotatable bonds is 4. The molecule has 5 nitrogen and oxygen atoms in total. The van der Waals surface area contributed by atoms with Gasteiger partial charge in [0.05, 0.1) is 0 Å². The lowest BCUT2D eigenvalue weighted by atomic mass is 9.93. The number of likely N-dealkylation sites (tertiary alicyclic amines) is 1. The quantitative estimate of drug-likeness (QED) is 0.902. The smallest absolute Gasteiger partial charge is 0.220 e. The first-order valence-corrected chi connectivity index (χ1v) is 7.06. The molecular weight excluding hydrogens is 254 g/mol. The van der Waals surface area contributed by atoms with Crippen LogP contribution in [0.25, 0.3) is 0 Å². The second-order valence-electron chi connectivity index (χ2n) is 5.29. The Morgan fingerprint density at radius 3 is 2.55 bits per heavy atom. The van der Waals surface area contributed by atoms with E-state index in [2.05, 4.69) is 10.3 Å². The van der Waals surface area contributed by atoms with Crippen LogP contribution in [0.3, 0.4) is 0 Å². The molecule has 1 aliphatic rings. The number of pyridine rings is 1. The zero-order valence-corrected chi connectivity index (χ0v) is 11.8. The second-order valence-corrected chi connectivity index (χ2v) is 5.29. The van der Waals surface area contributed by atoms with Crippen LogP contribution in [-0.2, 0) is 16.1 Å². The third kappa shape index (κ3) is 4.33. The predicted molar refractivity (Wildman–Crippen MR) is 75.7 cm³/mol. The Labute approximate surface area is 119 Å². The zero-order chi connectivity index (χ0) is 14.4. The molecule has 2 amide bonds. The van der Waals surface area contributed by atoms with E-state index in [4.69, 9.17) is 0 Å². The molecule has 2 rings (SSSR count).